The van der Waals surface area contributed by atoms with Crippen molar-refractivity contribution in [2.45, 2.75) is 36.7 Å². The molecule has 1 heterocycles. The van der Waals surface area contributed by atoms with Crippen molar-refractivity contribution >= 4 is 21.4 Å². The van der Waals surface area contributed by atoms with E-state index in [4.69, 9.17) is 0 Å². The van der Waals surface area contributed by atoms with Gasteiger partial charge < -0.3 is 4.74 Å². The maximum absolute atomic E-state index is 12.9. The number of halogens is 3. The van der Waals surface area contributed by atoms with Crippen LogP contribution in [0.1, 0.15) is 18.4 Å². The van der Waals surface area contributed by atoms with Gasteiger partial charge in [-0.3, -0.25) is 0 Å². The zero-order valence-corrected chi connectivity index (χ0v) is 14.0. The fourth-order valence-electron chi connectivity index (χ4n) is 2.33. The number of rotatable bonds is 6. The lowest BCUT2D eigenvalue weighted by molar-refractivity contribution is -0.275. The van der Waals surface area contributed by atoms with Crippen molar-refractivity contribution in [1.82, 2.24) is 4.31 Å². The van der Waals surface area contributed by atoms with E-state index in [9.17, 15) is 21.6 Å². The Bertz CT molecular complexity index is 800. The summed E-state index contributed by atoms with van der Waals surface area (Å²) in [5, 5.41) is 3.65. The molecule has 130 valence electrons. The predicted molar refractivity (Wildman–Crippen MR) is 83.2 cm³/mol. The first-order valence-electron chi connectivity index (χ1n) is 7.15. The van der Waals surface area contributed by atoms with E-state index in [1.807, 2.05) is 10.8 Å². The van der Waals surface area contributed by atoms with Crippen molar-refractivity contribution in [2.24, 2.45) is 0 Å². The lowest BCUT2D eigenvalue weighted by atomic mass is 10.3. The van der Waals surface area contributed by atoms with Crippen molar-refractivity contribution in [3.8, 4) is 5.75 Å². The summed E-state index contributed by atoms with van der Waals surface area (Å²) in [6.45, 7) is 0.136. The SMILES string of the molecule is O=S(=O)(c1ccccc1OC(F)(F)F)N(Cc1ccsc1)C1CC1. The highest BCUT2D eigenvalue weighted by Crippen LogP contribution is 2.37. The number of ether oxygens (including phenoxy) is 1. The van der Waals surface area contributed by atoms with Gasteiger partial charge in [-0.2, -0.15) is 15.6 Å². The van der Waals surface area contributed by atoms with Crippen molar-refractivity contribution in [2.75, 3.05) is 0 Å². The largest absolute Gasteiger partial charge is 0.573 e. The van der Waals surface area contributed by atoms with Crippen LogP contribution in [0.3, 0.4) is 0 Å². The molecular formula is C15H14F3NO3S2. The van der Waals surface area contributed by atoms with E-state index in [1.165, 1.54) is 27.8 Å². The summed E-state index contributed by atoms with van der Waals surface area (Å²) in [6, 6.07) is 6.45. The molecule has 3 rings (SSSR count). The number of hydrogen-bond acceptors (Lipinski definition) is 4. The molecule has 1 fully saturated rings. The molecule has 0 aliphatic heterocycles. The van der Waals surface area contributed by atoms with Crippen LogP contribution in [0.25, 0.3) is 0 Å². The van der Waals surface area contributed by atoms with E-state index in [-0.39, 0.29) is 12.6 Å². The van der Waals surface area contributed by atoms with Crippen LogP contribution in [0.4, 0.5) is 13.2 Å². The average molecular weight is 377 g/mol. The number of hydrogen-bond donors (Lipinski definition) is 0. The molecule has 0 atom stereocenters. The first kappa shape index (κ1) is 17.2. The number of sulfonamides is 1. The number of benzene rings is 1. The third kappa shape index (κ3) is 3.90. The van der Waals surface area contributed by atoms with E-state index in [0.29, 0.717) is 12.8 Å². The topological polar surface area (TPSA) is 46.6 Å². The molecule has 24 heavy (non-hydrogen) atoms. The molecule has 0 spiro atoms. The summed E-state index contributed by atoms with van der Waals surface area (Å²) in [7, 11) is -4.10. The molecular weight excluding hydrogens is 363 g/mol. The number of alkyl halides is 3. The minimum absolute atomic E-state index is 0.136. The van der Waals surface area contributed by atoms with Crippen LogP contribution in [0.2, 0.25) is 0 Å². The van der Waals surface area contributed by atoms with Crippen molar-refractivity contribution in [3.63, 3.8) is 0 Å². The summed E-state index contributed by atoms with van der Waals surface area (Å²) in [6.07, 6.45) is -3.55. The highest BCUT2D eigenvalue weighted by atomic mass is 32.2. The van der Waals surface area contributed by atoms with Crippen molar-refractivity contribution in [3.05, 3.63) is 46.7 Å². The van der Waals surface area contributed by atoms with Gasteiger partial charge in [0.15, 0.2) is 0 Å². The number of para-hydroxylation sites is 1. The second kappa shape index (κ2) is 6.38. The van der Waals surface area contributed by atoms with Crippen LogP contribution in [0.5, 0.6) is 5.75 Å². The summed E-state index contributed by atoms with van der Waals surface area (Å²) in [5.41, 5.74) is 0.810. The summed E-state index contributed by atoms with van der Waals surface area (Å²) in [5.74, 6) is -0.707. The van der Waals surface area contributed by atoms with E-state index in [2.05, 4.69) is 4.74 Å². The molecule has 0 N–H and O–H groups in total. The Morgan fingerprint density at radius 3 is 2.50 bits per heavy atom. The van der Waals surface area contributed by atoms with Crippen LogP contribution >= 0.6 is 11.3 Å². The molecule has 0 amide bonds. The van der Waals surface area contributed by atoms with Gasteiger partial charge in [-0.1, -0.05) is 12.1 Å². The second-order valence-corrected chi connectivity index (χ2v) is 8.05. The predicted octanol–water partition coefficient (Wildman–Crippen LogP) is 4.00. The zero-order chi connectivity index (χ0) is 17.4. The molecule has 0 radical (unpaired) electrons. The minimum atomic E-state index is -4.95. The summed E-state index contributed by atoms with van der Waals surface area (Å²) >= 11 is 1.44. The van der Waals surface area contributed by atoms with Gasteiger partial charge in [0.1, 0.15) is 10.6 Å². The number of nitrogens with zero attached hydrogens (tertiary/aromatic N) is 1. The summed E-state index contributed by atoms with van der Waals surface area (Å²) < 4.78 is 68.7. The van der Waals surface area contributed by atoms with E-state index in [0.717, 1.165) is 17.7 Å². The molecule has 1 aromatic carbocycles. The maximum Gasteiger partial charge on any atom is 0.573 e. The van der Waals surface area contributed by atoms with Crippen LogP contribution in [-0.2, 0) is 16.6 Å². The van der Waals surface area contributed by atoms with Gasteiger partial charge in [0.2, 0.25) is 10.0 Å². The highest BCUT2D eigenvalue weighted by Gasteiger charge is 2.41. The molecule has 0 unspecified atom stereocenters. The Hall–Kier alpha value is -1.58. The standard InChI is InChI=1S/C15H14F3NO3S2/c16-15(17,18)22-13-3-1-2-4-14(13)24(20,21)19(12-5-6-12)9-11-7-8-23-10-11/h1-4,7-8,10,12H,5-6,9H2. The van der Waals surface area contributed by atoms with Crippen molar-refractivity contribution < 1.29 is 26.3 Å². The Kier molecular flexibility index (Phi) is 4.58. The zero-order valence-electron chi connectivity index (χ0n) is 12.4. The Balaban J connectivity index is 1.96. The molecule has 2 aromatic rings. The molecule has 1 aromatic heterocycles. The first-order chi connectivity index (χ1) is 11.3. The van der Waals surface area contributed by atoms with E-state index < -0.39 is 27.0 Å². The summed E-state index contributed by atoms with van der Waals surface area (Å²) in [4.78, 5) is -0.468. The Labute approximate surface area is 141 Å². The van der Waals surface area contributed by atoms with Gasteiger partial charge >= 0.3 is 6.36 Å². The normalized spacial score (nSPS) is 15.7. The molecule has 0 saturated heterocycles. The van der Waals surface area contributed by atoms with Crippen LogP contribution in [0.15, 0.2) is 46.0 Å². The van der Waals surface area contributed by atoms with Gasteiger partial charge in [-0.05, 0) is 47.4 Å². The molecule has 9 heteroatoms. The molecule has 4 nitrogen and oxygen atoms in total. The van der Waals surface area contributed by atoms with Gasteiger partial charge in [0.05, 0.1) is 0 Å². The van der Waals surface area contributed by atoms with Crippen molar-refractivity contribution in [1.29, 1.82) is 0 Å². The fourth-order valence-corrected chi connectivity index (χ4v) is 4.78. The van der Waals surface area contributed by atoms with Gasteiger partial charge in [-0.15, -0.1) is 13.2 Å². The van der Waals surface area contributed by atoms with Crippen LogP contribution in [0, 0.1) is 0 Å². The third-order valence-corrected chi connectivity index (χ3v) is 6.20. The molecule has 1 aliphatic rings. The molecule has 1 aliphatic carbocycles. The Morgan fingerprint density at radius 2 is 1.92 bits per heavy atom. The number of thiophene rings is 1. The highest BCUT2D eigenvalue weighted by molar-refractivity contribution is 7.89. The fraction of sp³-hybridized carbons (Fsp3) is 0.333. The smallest absolute Gasteiger partial charge is 0.404 e. The molecule has 0 bridgehead atoms. The lowest BCUT2D eigenvalue weighted by Crippen LogP contribution is -2.33. The van der Waals surface area contributed by atoms with E-state index in [1.54, 1.807) is 6.07 Å². The van der Waals surface area contributed by atoms with Gasteiger partial charge in [-0.25, -0.2) is 8.42 Å². The quantitative estimate of drug-likeness (QED) is 0.764. The molecule has 1 saturated carbocycles. The maximum atomic E-state index is 12.9. The average Bonchev–Trinajstić information content (AvgIpc) is 3.19. The monoisotopic (exact) mass is 377 g/mol. The second-order valence-electron chi connectivity index (χ2n) is 5.41. The van der Waals surface area contributed by atoms with Gasteiger partial charge in [0.25, 0.3) is 0 Å². The van der Waals surface area contributed by atoms with Crippen LogP contribution < -0.4 is 4.74 Å². The first-order valence-corrected chi connectivity index (χ1v) is 9.53. The van der Waals surface area contributed by atoms with Gasteiger partial charge in [0, 0.05) is 12.6 Å². The third-order valence-electron chi connectivity index (χ3n) is 3.53. The minimum Gasteiger partial charge on any atom is -0.404 e. The Morgan fingerprint density at radius 1 is 1.21 bits per heavy atom. The van der Waals surface area contributed by atoms with Crippen LogP contribution in [-0.4, -0.2) is 25.1 Å². The lowest BCUT2D eigenvalue weighted by Gasteiger charge is -2.23. The van der Waals surface area contributed by atoms with E-state index >= 15 is 0 Å².